The van der Waals surface area contributed by atoms with Crippen molar-refractivity contribution >= 4 is 11.0 Å². The zero-order chi connectivity index (χ0) is 13.9. The Morgan fingerprint density at radius 2 is 2.00 bits per heavy atom. The summed E-state index contributed by atoms with van der Waals surface area (Å²) < 4.78 is 2.44. The second-order valence-electron chi connectivity index (χ2n) is 6.06. The first-order chi connectivity index (χ1) is 9.74. The van der Waals surface area contributed by atoms with E-state index in [9.17, 15) is 0 Å². The van der Waals surface area contributed by atoms with Gasteiger partial charge in [0.25, 0.3) is 0 Å². The molecule has 0 amide bonds. The van der Waals surface area contributed by atoms with Crippen molar-refractivity contribution in [2.45, 2.75) is 25.9 Å². The van der Waals surface area contributed by atoms with Gasteiger partial charge in [-0.2, -0.15) is 0 Å². The summed E-state index contributed by atoms with van der Waals surface area (Å²) in [5, 5.41) is 3.45. The van der Waals surface area contributed by atoms with Gasteiger partial charge in [-0.15, -0.1) is 0 Å². The average Bonchev–Trinajstić information content (AvgIpc) is 2.77. The molecule has 1 aromatic carbocycles. The molecule has 0 spiro atoms. The molecule has 2 aromatic rings. The molecule has 1 fully saturated rings. The van der Waals surface area contributed by atoms with E-state index in [0.717, 1.165) is 37.6 Å². The van der Waals surface area contributed by atoms with Crippen molar-refractivity contribution < 1.29 is 0 Å². The minimum absolute atomic E-state index is 0.773. The molecule has 0 radical (unpaired) electrons. The Morgan fingerprint density at radius 1 is 1.25 bits per heavy atom. The molecular formula is C16H24N4. The van der Waals surface area contributed by atoms with E-state index < -0.39 is 0 Å². The van der Waals surface area contributed by atoms with Crippen LogP contribution in [0.1, 0.15) is 18.7 Å². The number of hydrogen-bond acceptors (Lipinski definition) is 3. The Labute approximate surface area is 120 Å². The maximum absolute atomic E-state index is 4.82. The lowest BCUT2D eigenvalue weighted by Gasteiger charge is -2.24. The van der Waals surface area contributed by atoms with Crippen molar-refractivity contribution in [3.63, 3.8) is 0 Å². The van der Waals surface area contributed by atoms with Crippen molar-refractivity contribution in [3.8, 4) is 0 Å². The van der Waals surface area contributed by atoms with Crippen molar-refractivity contribution in [1.29, 1.82) is 0 Å². The number of hydrogen-bond donors (Lipinski definition) is 1. The summed E-state index contributed by atoms with van der Waals surface area (Å²) >= 11 is 0. The summed E-state index contributed by atoms with van der Waals surface area (Å²) in [5.74, 6) is 1.96. The molecule has 1 aromatic heterocycles. The third-order valence-corrected chi connectivity index (χ3v) is 4.09. The molecule has 108 valence electrons. The lowest BCUT2D eigenvalue weighted by Crippen LogP contribution is -2.30. The van der Waals surface area contributed by atoms with Crippen LogP contribution in [0, 0.1) is 5.92 Å². The van der Waals surface area contributed by atoms with Gasteiger partial charge in [-0.05, 0) is 58.1 Å². The molecule has 20 heavy (non-hydrogen) atoms. The second kappa shape index (κ2) is 5.94. The number of para-hydroxylation sites is 2. The quantitative estimate of drug-likeness (QED) is 0.925. The van der Waals surface area contributed by atoms with Crippen LogP contribution in [-0.2, 0) is 13.1 Å². The van der Waals surface area contributed by atoms with Gasteiger partial charge in [0.15, 0.2) is 0 Å². The fraction of sp³-hybridized carbons (Fsp3) is 0.562. The smallest absolute Gasteiger partial charge is 0.124 e. The van der Waals surface area contributed by atoms with Gasteiger partial charge in [-0.1, -0.05) is 12.1 Å². The molecule has 3 rings (SSSR count). The number of benzene rings is 1. The molecule has 0 unspecified atom stereocenters. The number of rotatable bonds is 4. The third kappa shape index (κ3) is 2.86. The Balaban J connectivity index is 1.92. The molecule has 0 aliphatic carbocycles. The number of nitrogens with zero attached hydrogens (tertiary/aromatic N) is 3. The molecule has 0 saturated carbocycles. The first-order valence-corrected chi connectivity index (χ1v) is 7.53. The van der Waals surface area contributed by atoms with Crippen LogP contribution in [-0.4, -0.2) is 41.6 Å². The van der Waals surface area contributed by atoms with Gasteiger partial charge in [-0.25, -0.2) is 4.98 Å². The predicted molar refractivity (Wildman–Crippen MR) is 82.7 cm³/mol. The lowest BCUT2D eigenvalue weighted by molar-refractivity contribution is 0.321. The maximum atomic E-state index is 4.82. The third-order valence-electron chi connectivity index (χ3n) is 4.09. The Hall–Kier alpha value is -1.39. The molecule has 1 aliphatic heterocycles. The van der Waals surface area contributed by atoms with Crippen molar-refractivity contribution in [1.82, 2.24) is 19.8 Å². The van der Waals surface area contributed by atoms with Gasteiger partial charge in [0.05, 0.1) is 17.6 Å². The second-order valence-corrected chi connectivity index (χ2v) is 6.06. The largest absolute Gasteiger partial charge is 0.327 e. The van der Waals surface area contributed by atoms with E-state index in [1.54, 1.807) is 0 Å². The summed E-state index contributed by atoms with van der Waals surface area (Å²) in [5.41, 5.74) is 2.40. The molecule has 0 bridgehead atoms. The molecular weight excluding hydrogens is 248 g/mol. The molecule has 1 saturated heterocycles. The van der Waals surface area contributed by atoms with Crippen LogP contribution >= 0.6 is 0 Å². The van der Waals surface area contributed by atoms with E-state index in [-0.39, 0.29) is 0 Å². The monoisotopic (exact) mass is 272 g/mol. The van der Waals surface area contributed by atoms with Crippen molar-refractivity contribution in [3.05, 3.63) is 30.1 Å². The lowest BCUT2D eigenvalue weighted by atomic mass is 9.98. The Morgan fingerprint density at radius 3 is 2.75 bits per heavy atom. The van der Waals surface area contributed by atoms with Gasteiger partial charge in [-0.3, -0.25) is 0 Å². The number of aromatic nitrogens is 2. The van der Waals surface area contributed by atoms with Crippen LogP contribution in [0.25, 0.3) is 11.0 Å². The zero-order valence-electron chi connectivity index (χ0n) is 12.5. The SMILES string of the molecule is CN(C)Cc1nc2ccccc2n1CC1CCNCC1. The fourth-order valence-electron chi connectivity index (χ4n) is 3.06. The number of nitrogens with one attached hydrogen (secondary N) is 1. The highest BCUT2D eigenvalue weighted by molar-refractivity contribution is 5.75. The number of imidazole rings is 1. The number of fused-ring (bicyclic) bond motifs is 1. The van der Waals surface area contributed by atoms with Crippen LogP contribution in [0.3, 0.4) is 0 Å². The Bertz CT molecular complexity index is 567. The minimum atomic E-state index is 0.773. The number of piperidine rings is 1. The fourth-order valence-corrected chi connectivity index (χ4v) is 3.06. The van der Waals surface area contributed by atoms with E-state index in [0.29, 0.717) is 0 Å². The molecule has 2 heterocycles. The summed E-state index contributed by atoms with van der Waals surface area (Å²) in [4.78, 5) is 7.02. The molecule has 4 heteroatoms. The van der Waals surface area contributed by atoms with E-state index in [1.807, 2.05) is 0 Å². The van der Waals surface area contributed by atoms with Gasteiger partial charge < -0.3 is 14.8 Å². The summed E-state index contributed by atoms with van der Waals surface area (Å²) in [6, 6.07) is 8.50. The van der Waals surface area contributed by atoms with Crippen LogP contribution < -0.4 is 5.32 Å². The molecule has 1 N–H and O–H groups in total. The molecule has 0 atom stereocenters. The molecule has 1 aliphatic rings. The van der Waals surface area contributed by atoms with Crippen LogP contribution in [0.15, 0.2) is 24.3 Å². The topological polar surface area (TPSA) is 33.1 Å². The van der Waals surface area contributed by atoms with Crippen LogP contribution in [0.2, 0.25) is 0 Å². The van der Waals surface area contributed by atoms with E-state index in [4.69, 9.17) is 4.98 Å². The van der Waals surface area contributed by atoms with Crippen LogP contribution in [0.4, 0.5) is 0 Å². The van der Waals surface area contributed by atoms with E-state index >= 15 is 0 Å². The van der Waals surface area contributed by atoms with Gasteiger partial charge in [0, 0.05) is 6.54 Å². The normalized spacial score (nSPS) is 17.1. The summed E-state index contributed by atoms with van der Waals surface area (Å²) in [6.45, 7) is 4.31. The van der Waals surface area contributed by atoms with E-state index in [1.165, 1.54) is 24.2 Å². The average molecular weight is 272 g/mol. The van der Waals surface area contributed by atoms with Crippen LogP contribution in [0.5, 0.6) is 0 Å². The summed E-state index contributed by atoms with van der Waals surface area (Å²) in [7, 11) is 4.21. The predicted octanol–water partition coefficient (Wildman–Crippen LogP) is 2.10. The standard InChI is InChI=1S/C16H24N4/c1-19(2)12-16-18-14-5-3-4-6-15(14)20(16)11-13-7-9-17-10-8-13/h3-6,13,17H,7-12H2,1-2H3. The maximum Gasteiger partial charge on any atom is 0.124 e. The summed E-state index contributed by atoms with van der Waals surface area (Å²) in [6.07, 6.45) is 2.54. The first-order valence-electron chi connectivity index (χ1n) is 7.53. The highest BCUT2D eigenvalue weighted by Crippen LogP contribution is 2.22. The zero-order valence-corrected chi connectivity index (χ0v) is 12.5. The van der Waals surface area contributed by atoms with Gasteiger partial charge >= 0.3 is 0 Å². The molecule has 4 nitrogen and oxygen atoms in total. The first kappa shape index (κ1) is 13.6. The highest BCUT2D eigenvalue weighted by Gasteiger charge is 2.18. The van der Waals surface area contributed by atoms with Gasteiger partial charge in [0.1, 0.15) is 5.82 Å². The minimum Gasteiger partial charge on any atom is -0.327 e. The van der Waals surface area contributed by atoms with Crippen molar-refractivity contribution in [2.75, 3.05) is 27.2 Å². The van der Waals surface area contributed by atoms with Crippen molar-refractivity contribution in [2.24, 2.45) is 5.92 Å². The van der Waals surface area contributed by atoms with E-state index in [2.05, 4.69) is 53.1 Å². The Kier molecular flexibility index (Phi) is 4.03. The van der Waals surface area contributed by atoms with Gasteiger partial charge in [0.2, 0.25) is 0 Å². The highest BCUT2D eigenvalue weighted by atomic mass is 15.2.